The number of rotatable bonds is 2. The summed E-state index contributed by atoms with van der Waals surface area (Å²) < 4.78 is 16.4. The highest BCUT2D eigenvalue weighted by Crippen LogP contribution is 2.37. The number of hydrogen-bond acceptors (Lipinski definition) is 3. The van der Waals surface area contributed by atoms with E-state index in [2.05, 4.69) is 15.1 Å². The van der Waals surface area contributed by atoms with Crippen LogP contribution in [-0.2, 0) is 6.54 Å². The van der Waals surface area contributed by atoms with E-state index in [0.717, 1.165) is 22.5 Å². The van der Waals surface area contributed by atoms with Crippen LogP contribution in [0.1, 0.15) is 12.6 Å². The lowest BCUT2D eigenvalue weighted by atomic mass is 9.97. The minimum absolute atomic E-state index is 0.364. The molecule has 3 aromatic rings. The molecule has 2 aromatic heterocycles. The van der Waals surface area contributed by atoms with E-state index >= 15 is 0 Å². The zero-order valence-corrected chi connectivity index (χ0v) is 13.8. The van der Waals surface area contributed by atoms with Gasteiger partial charge in [0, 0.05) is 28.5 Å². The van der Waals surface area contributed by atoms with Crippen LogP contribution in [0.3, 0.4) is 0 Å². The molecular formula is C18H14ClFN4. The zero-order chi connectivity index (χ0) is 16.7. The Morgan fingerprint density at radius 1 is 1.17 bits per heavy atom. The Balaban J connectivity index is 2.03. The standard InChI is InChI=1S/C18H14ClFN4/c1-11-18-16(12-4-6-21-7-5-12)17(23-24(18)9-8-22-11)14-3-2-13(19)10-15(14)20/h2-7,10H,8-9H2,1H3. The molecule has 6 heteroatoms. The molecule has 0 N–H and O–H groups in total. The van der Waals surface area contributed by atoms with Gasteiger partial charge in [0.05, 0.1) is 24.5 Å². The summed E-state index contributed by atoms with van der Waals surface area (Å²) in [6.07, 6.45) is 3.44. The summed E-state index contributed by atoms with van der Waals surface area (Å²) in [6.45, 7) is 3.32. The minimum Gasteiger partial charge on any atom is -0.286 e. The summed E-state index contributed by atoms with van der Waals surface area (Å²) in [7, 11) is 0. The molecule has 24 heavy (non-hydrogen) atoms. The molecule has 120 valence electrons. The molecule has 0 unspecified atom stereocenters. The quantitative estimate of drug-likeness (QED) is 0.700. The maximum atomic E-state index is 14.5. The number of aromatic nitrogens is 3. The highest BCUT2D eigenvalue weighted by atomic mass is 35.5. The van der Waals surface area contributed by atoms with Gasteiger partial charge in [0.25, 0.3) is 0 Å². The van der Waals surface area contributed by atoms with Gasteiger partial charge in [-0.05, 0) is 42.8 Å². The van der Waals surface area contributed by atoms with Crippen LogP contribution in [0.15, 0.2) is 47.7 Å². The van der Waals surface area contributed by atoms with E-state index in [-0.39, 0.29) is 5.82 Å². The van der Waals surface area contributed by atoms with E-state index in [0.29, 0.717) is 29.4 Å². The van der Waals surface area contributed by atoms with E-state index in [1.54, 1.807) is 24.5 Å². The van der Waals surface area contributed by atoms with Gasteiger partial charge < -0.3 is 0 Å². The number of aliphatic imine (C=N–C) groups is 1. The van der Waals surface area contributed by atoms with Crippen molar-refractivity contribution in [1.82, 2.24) is 14.8 Å². The van der Waals surface area contributed by atoms with Crippen LogP contribution in [0.4, 0.5) is 4.39 Å². The summed E-state index contributed by atoms with van der Waals surface area (Å²) in [5.74, 6) is -0.386. The molecule has 4 nitrogen and oxygen atoms in total. The first kappa shape index (κ1) is 15.0. The molecule has 0 radical (unpaired) electrons. The molecule has 3 heterocycles. The predicted octanol–water partition coefficient (Wildman–Crippen LogP) is 4.23. The van der Waals surface area contributed by atoms with Gasteiger partial charge >= 0.3 is 0 Å². The van der Waals surface area contributed by atoms with Crippen LogP contribution in [0, 0.1) is 5.82 Å². The normalized spacial score (nSPS) is 13.5. The van der Waals surface area contributed by atoms with E-state index < -0.39 is 0 Å². The van der Waals surface area contributed by atoms with Crippen molar-refractivity contribution in [2.24, 2.45) is 4.99 Å². The maximum absolute atomic E-state index is 14.5. The summed E-state index contributed by atoms with van der Waals surface area (Å²) in [5.41, 5.74) is 4.67. The largest absolute Gasteiger partial charge is 0.286 e. The van der Waals surface area contributed by atoms with Crippen molar-refractivity contribution in [3.8, 4) is 22.4 Å². The summed E-state index contributed by atoms with van der Waals surface area (Å²) in [5, 5.41) is 5.03. The molecule has 1 aliphatic heterocycles. The summed E-state index contributed by atoms with van der Waals surface area (Å²) in [6, 6.07) is 8.46. The number of pyridine rings is 1. The molecule has 4 rings (SSSR count). The predicted molar refractivity (Wildman–Crippen MR) is 92.9 cm³/mol. The summed E-state index contributed by atoms with van der Waals surface area (Å²) >= 11 is 5.89. The van der Waals surface area contributed by atoms with Crippen molar-refractivity contribution >= 4 is 17.3 Å². The van der Waals surface area contributed by atoms with Crippen LogP contribution in [0.25, 0.3) is 22.4 Å². The van der Waals surface area contributed by atoms with Crippen molar-refractivity contribution in [2.75, 3.05) is 6.54 Å². The van der Waals surface area contributed by atoms with Crippen molar-refractivity contribution in [2.45, 2.75) is 13.5 Å². The molecule has 0 spiro atoms. The fourth-order valence-electron chi connectivity index (χ4n) is 3.04. The third-order valence-corrected chi connectivity index (χ3v) is 4.35. The molecule has 0 atom stereocenters. The highest BCUT2D eigenvalue weighted by molar-refractivity contribution is 6.30. The Morgan fingerprint density at radius 2 is 1.96 bits per heavy atom. The second-order valence-electron chi connectivity index (χ2n) is 5.62. The number of halogens is 2. The lowest BCUT2D eigenvalue weighted by molar-refractivity contribution is 0.605. The average Bonchev–Trinajstić information content (AvgIpc) is 2.96. The molecule has 0 amide bonds. The Labute approximate surface area is 143 Å². The topological polar surface area (TPSA) is 43.1 Å². The second kappa shape index (κ2) is 5.83. The molecule has 0 saturated carbocycles. The van der Waals surface area contributed by atoms with Crippen molar-refractivity contribution in [1.29, 1.82) is 0 Å². The van der Waals surface area contributed by atoms with Gasteiger partial charge in [-0.15, -0.1) is 0 Å². The highest BCUT2D eigenvalue weighted by Gasteiger charge is 2.25. The van der Waals surface area contributed by atoms with Crippen LogP contribution >= 0.6 is 11.6 Å². The minimum atomic E-state index is -0.386. The maximum Gasteiger partial charge on any atom is 0.134 e. The summed E-state index contributed by atoms with van der Waals surface area (Å²) in [4.78, 5) is 8.60. The fraction of sp³-hybridized carbons (Fsp3) is 0.167. The monoisotopic (exact) mass is 340 g/mol. The first-order chi connectivity index (χ1) is 11.6. The van der Waals surface area contributed by atoms with Crippen LogP contribution in [0.2, 0.25) is 5.02 Å². The van der Waals surface area contributed by atoms with Crippen molar-refractivity contribution in [3.05, 3.63) is 59.3 Å². The van der Waals surface area contributed by atoms with E-state index in [1.165, 1.54) is 6.07 Å². The Hall–Kier alpha value is -2.53. The van der Waals surface area contributed by atoms with Gasteiger partial charge in [-0.1, -0.05) is 11.6 Å². The molecule has 1 aromatic carbocycles. The van der Waals surface area contributed by atoms with Gasteiger partial charge in [0.15, 0.2) is 0 Å². The Bertz CT molecular complexity index is 947. The molecular weight excluding hydrogens is 327 g/mol. The van der Waals surface area contributed by atoms with Crippen LogP contribution in [0.5, 0.6) is 0 Å². The third-order valence-electron chi connectivity index (χ3n) is 4.11. The average molecular weight is 341 g/mol. The van der Waals surface area contributed by atoms with Gasteiger partial charge in [0.2, 0.25) is 0 Å². The first-order valence-electron chi connectivity index (χ1n) is 7.63. The smallest absolute Gasteiger partial charge is 0.134 e. The molecule has 0 aliphatic carbocycles. The second-order valence-corrected chi connectivity index (χ2v) is 6.06. The van der Waals surface area contributed by atoms with Crippen molar-refractivity contribution in [3.63, 3.8) is 0 Å². The number of benzene rings is 1. The SMILES string of the molecule is CC1=NCCn2nc(-c3ccc(Cl)cc3F)c(-c3ccncc3)c21. The first-order valence-corrected chi connectivity index (χ1v) is 8.01. The van der Waals surface area contributed by atoms with Crippen molar-refractivity contribution < 1.29 is 4.39 Å². The zero-order valence-electron chi connectivity index (χ0n) is 13.0. The van der Waals surface area contributed by atoms with Crippen LogP contribution < -0.4 is 0 Å². The Kier molecular flexibility index (Phi) is 3.65. The molecule has 0 fully saturated rings. The number of nitrogens with zero attached hydrogens (tertiary/aromatic N) is 4. The number of fused-ring (bicyclic) bond motifs is 1. The van der Waals surface area contributed by atoms with E-state index in [1.807, 2.05) is 23.7 Å². The fourth-order valence-corrected chi connectivity index (χ4v) is 3.20. The molecule has 1 aliphatic rings. The van der Waals surface area contributed by atoms with Crippen LogP contribution in [-0.4, -0.2) is 27.0 Å². The van der Waals surface area contributed by atoms with E-state index in [9.17, 15) is 4.39 Å². The van der Waals surface area contributed by atoms with Gasteiger partial charge in [0.1, 0.15) is 11.5 Å². The Morgan fingerprint density at radius 3 is 2.71 bits per heavy atom. The third kappa shape index (κ3) is 2.41. The lowest BCUT2D eigenvalue weighted by Crippen LogP contribution is -2.17. The molecule has 0 saturated heterocycles. The molecule has 0 bridgehead atoms. The van der Waals surface area contributed by atoms with E-state index in [4.69, 9.17) is 11.6 Å². The van der Waals surface area contributed by atoms with Gasteiger partial charge in [-0.2, -0.15) is 5.10 Å². The lowest BCUT2D eigenvalue weighted by Gasteiger charge is -2.13. The van der Waals surface area contributed by atoms with Gasteiger partial charge in [-0.3, -0.25) is 14.7 Å². The van der Waals surface area contributed by atoms with Gasteiger partial charge in [-0.25, -0.2) is 4.39 Å². The number of hydrogen-bond donors (Lipinski definition) is 0.